The van der Waals surface area contributed by atoms with Gasteiger partial charge in [-0.15, -0.1) is 0 Å². The molecule has 0 radical (unpaired) electrons. The van der Waals surface area contributed by atoms with Crippen LogP contribution in [0.4, 0.5) is 0 Å². The van der Waals surface area contributed by atoms with Crippen LogP contribution in [0, 0.1) is 0 Å². The Morgan fingerprint density at radius 1 is 1.50 bits per heavy atom. The fourth-order valence-corrected chi connectivity index (χ4v) is 1.66. The molecule has 1 aromatic rings. The molecular formula is C12H18ClNO2. The van der Waals surface area contributed by atoms with E-state index in [0.29, 0.717) is 17.4 Å². The van der Waals surface area contributed by atoms with Gasteiger partial charge >= 0.3 is 0 Å². The highest BCUT2D eigenvalue weighted by molar-refractivity contribution is 6.32. The molecule has 0 amide bonds. The lowest BCUT2D eigenvalue weighted by Gasteiger charge is -2.11. The van der Waals surface area contributed by atoms with Crippen molar-refractivity contribution >= 4 is 11.6 Å². The summed E-state index contributed by atoms with van der Waals surface area (Å²) in [7, 11) is 0. The molecule has 3 nitrogen and oxygen atoms in total. The topological polar surface area (TPSA) is 55.5 Å². The quantitative estimate of drug-likeness (QED) is 0.836. The van der Waals surface area contributed by atoms with Crippen LogP contribution in [0.25, 0.3) is 0 Å². The molecule has 16 heavy (non-hydrogen) atoms. The van der Waals surface area contributed by atoms with Crippen molar-refractivity contribution in [1.82, 2.24) is 0 Å². The van der Waals surface area contributed by atoms with Gasteiger partial charge in [-0.2, -0.15) is 0 Å². The van der Waals surface area contributed by atoms with E-state index in [2.05, 4.69) is 0 Å². The van der Waals surface area contributed by atoms with E-state index in [4.69, 9.17) is 22.1 Å². The number of nitrogens with two attached hydrogens (primary N) is 1. The summed E-state index contributed by atoms with van der Waals surface area (Å²) in [6.07, 6.45) is 1.71. The van der Waals surface area contributed by atoms with Gasteiger partial charge in [-0.3, -0.25) is 0 Å². The molecule has 0 fully saturated rings. The first-order valence-corrected chi connectivity index (χ1v) is 5.82. The summed E-state index contributed by atoms with van der Waals surface area (Å²) in [6, 6.07) is 3.72. The lowest BCUT2D eigenvalue weighted by molar-refractivity contribution is 0.318. The maximum atomic E-state index is 9.65. The van der Waals surface area contributed by atoms with Crippen molar-refractivity contribution in [2.45, 2.75) is 32.7 Å². The molecule has 1 unspecified atom stereocenters. The van der Waals surface area contributed by atoms with Gasteiger partial charge in [-0.1, -0.05) is 11.6 Å². The number of hydrogen-bond acceptors (Lipinski definition) is 3. The average molecular weight is 244 g/mol. The van der Waals surface area contributed by atoms with Crippen LogP contribution in [0.2, 0.25) is 5.02 Å². The second-order valence-electron chi connectivity index (χ2n) is 3.87. The summed E-state index contributed by atoms with van der Waals surface area (Å²) in [6.45, 7) is 4.33. The molecule has 3 N–H and O–H groups in total. The summed E-state index contributed by atoms with van der Waals surface area (Å²) in [5.41, 5.74) is 6.72. The minimum Gasteiger partial charge on any atom is -0.503 e. The van der Waals surface area contributed by atoms with Gasteiger partial charge in [0.1, 0.15) is 0 Å². The summed E-state index contributed by atoms with van der Waals surface area (Å²) in [5.74, 6) is 0.447. The fraction of sp³-hybridized carbons (Fsp3) is 0.500. The first-order chi connectivity index (χ1) is 7.54. The molecule has 1 aromatic carbocycles. The first kappa shape index (κ1) is 13.1. The second kappa shape index (κ2) is 5.97. The second-order valence-corrected chi connectivity index (χ2v) is 4.28. The molecule has 0 heterocycles. The minimum absolute atomic E-state index is 0.00747. The largest absolute Gasteiger partial charge is 0.503 e. The van der Waals surface area contributed by atoms with Crippen molar-refractivity contribution in [2.24, 2.45) is 5.73 Å². The highest BCUT2D eigenvalue weighted by atomic mass is 35.5. The highest BCUT2D eigenvalue weighted by Gasteiger charge is 2.09. The average Bonchev–Trinajstić information content (AvgIpc) is 2.22. The number of benzene rings is 1. The third-order valence-electron chi connectivity index (χ3n) is 2.28. The van der Waals surface area contributed by atoms with Gasteiger partial charge in [0.2, 0.25) is 0 Å². The molecule has 0 saturated heterocycles. The Morgan fingerprint density at radius 2 is 2.19 bits per heavy atom. The number of aromatic hydroxyl groups is 1. The smallest absolute Gasteiger partial charge is 0.176 e. The van der Waals surface area contributed by atoms with E-state index in [-0.39, 0.29) is 11.8 Å². The van der Waals surface area contributed by atoms with Gasteiger partial charge < -0.3 is 15.6 Å². The molecule has 0 spiro atoms. The summed E-state index contributed by atoms with van der Waals surface area (Å²) in [4.78, 5) is 0. The molecule has 0 bridgehead atoms. The minimum atomic E-state index is 0.00747. The zero-order valence-corrected chi connectivity index (χ0v) is 10.4. The van der Waals surface area contributed by atoms with E-state index in [1.165, 1.54) is 0 Å². The predicted molar refractivity (Wildman–Crippen MR) is 66.3 cm³/mol. The Morgan fingerprint density at radius 3 is 2.75 bits per heavy atom. The number of rotatable bonds is 5. The predicted octanol–water partition coefficient (Wildman–Crippen LogP) is 2.72. The lowest BCUT2D eigenvalue weighted by atomic mass is 10.1. The molecule has 0 aromatic heterocycles. The lowest BCUT2D eigenvalue weighted by Crippen LogP contribution is -2.15. The van der Waals surface area contributed by atoms with Crippen LogP contribution in [0.15, 0.2) is 12.1 Å². The van der Waals surface area contributed by atoms with E-state index < -0.39 is 0 Å². The van der Waals surface area contributed by atoms with E-state index in [0.717, 1.165) is 18.4 Å². The van der Waals surface area contributed by atoms with Crippen LogP contribution in [0.5, 0.6) is 11.5 Å². The zero-order valence-electron chi connectivity index (χ0n) is 9.66. The number of ether oxygens (including phenoxy) is 1. The number of halogens is 1. The molecular weight excluding hydrogens is 226 g/mol. The molecule has 0 aliphatic rings. The van der Waals surface area contributed by atoms with Gasteiger partial charge in [0.25, 0.3) is 0 Å². The summed E-state index contributed by atoms with van der Waals surface area (Å²) < 4.78 is 5.30. The maximum Gasteiger partial charge on any atom is 0.176 e. The van der Waals surface area contributed by atoms with Gasteiger partial charge in [0, 0.05) is 6.04 Å². The number of phenols is 1. The number of aryl methyl sites for hydroxylation is 1. The van der Waals surface area contributed by atoms with Crippen molar-refractivity contribution < 1.29 is 9.84 Å². The first-order valence-electron chi connectivity index (χ1n) is 5.44. The van der Waals surface area contributed by atoms with Crippen LogP contribution >= 0.6 is 11.6 Å². The molecule has 1 rings (SSSR count). The van der Waals surface area contributed by atoms with Crippen LogP contribution < -0.4 is 10.5 Å². The van der Waals surface area contributed by atoms with Gasteiger partial charge in [-0.05, 0) is 44.4 Å². The van der Waals surface area contributed by atoms with Crippen LogP contribution in [-0.4, -0.2) is 17.8 Å². The highest BCUT2D eigenvalue weighted by Crippen LogP contribution is 2.35. The van der Waals surface area contributed by atoms with Gasteiger partial charge in [0.05, 0.1) is 11.6 Å². The Kier molecular flexibility index (Phi) is 4.90. The molecule has 0 aliphatic heterocycles. The van der Waals surface area contributed by atoms with E-state index in [1.807, 2.05) is 19.9 Å². The zero-order chi connectivity index (χ0) is 12.1. The van der Waals surface area contributed by atoms with Crippen molar-refractivity contribution in [3.8, 4) is 11.5 Å². The van der Waals surface area contributed by atoms with Crippen molar-refractivity contribution in [1.29, 1.82) is 0 Å². The normalized spacial score (nSPS) is 12.5. The Balaban J connectivity index is 2.86. The standard InChI is InChI=1S/C12H18ClNO2/c1-3-16-11-7-9(5-4-8(2)14)6-10(13)12(11)15/h6-8,15H,3-5,14H2,1-2H3. The fourth-order valence-electron chi connectivity index (χ4n) is 1.43. The SMILES string of the molecule is CCOc1cc(CCC(C)N)cc(Cl)c1O. The van der Waals surface area contributed by atoms with E-state index in [1.54, 1.807) is 6.07 Å². The van der Waals surface area contributed by atoms with Crippen LogP contribution in [0.1, 0.15) is 25.8 Å². The molecule has 90 valence electrons. The number of hydrogen-bond donors (Lipinski definition) is 2. The third kappa shape index (κ3) is 3.58. The van der Waals surface area contributed by atoms with E-state index in [9.17, 15) is 5.11 Å². The summed E-state index contributed by atoms with van der Waals surface area (Å²) in [5, 5.41) is 9.97. The Labute approximate surface area is 101 Å². The summed E-state index contributed by atoms with van der Waals surface area (Å²) >= 11 is 5.91. The Hall–Kier alpha value is -0.930. The Bertz CT molecular complexity index is 353. The monoisotopic (exact) mass is 243 g/mol. The molecule has 0 saturated carbocycles. The van der Waals surface area contributed by atoms with Crippen molar-refractivity contribution in [3.05, 3.63) is 22.7 Å². The maximum absolute atomic E-state index is 9.65. The van der Waals surface area contributed by atoms with Gasteiger partial charge in [-0.25, -0.2) is 0 Å². The van der Waals surface area contributed by atoms with Crippen LogP contribution in [-0.2, 0) is 6.42 Å². The van der Waals surface area contributed by atoms with Crippen LogP contribution in [0.3, 0.4) is 0 Å². The van der Waals surface area contributed by atoms with E-state index >= 15 is 0 Å². The third-order valence-corrected chi connectivity index (χ3v) is 2.56. The van der Waals surface area contributed by atoms with Crippen molar-refractivity contribution in [2.75, 3.05) is 6.61 Å². The molecule has 0 aliphatic carbocycles. The molecule has 1 atom stereocenters. The van der Waals surface area contributed by atoms with Gasteiger partial charge in [0.15, 0.2) is 11.5 Å². The van der Waals surface area contributed by atoms with Crippen molar-refractivity contribution in [3.63, 3.8) is 0 Å². The number of phenolic OH excluding ortho intramolecular Hbond substituents is 1. The molecule has 4 heteroatoms.